The molecule has 1 heterocycles. The van der Waals surface area contributed by atoms with Crippen LogP contribution in [0.4, 0.5) is 8.78 Å². The van der Waals surface area contributed by atoms with Crippen LogP contribution in [0.2, 0.25) is 0 Å². The summed E-state index contributed by atoms with van der Waals surface area (Å²) >= 11 is 0. The molecule has 120 valence electrons. The molecule has 7 heteroatoms. The summed E-state index contributed by atoms with van der Waals surface area (Å²) < 4.78 is 49.4. The van der Waals surface area contributed by atoms with Gasteiger partial charge in [0.1, 0.15) is 6.17 Å². The van der Waals surface area contributed by atoms with E-state index in [1.807, 2.05) is 0 Å². The van der Waals surface area contributed by atoms with Crippen molar-refractivity contribution in [1.29, 1.82) is 0 Å². The molecule has 0 aliphatic heterocycles. The Bertz CT molecular complexity index is 860. The fourth-order valence-corrected chi connectivity index (χ4v) is 3.26. The summed E-state index contributed by atoms with van der Waals surface area (Å²) in [6.45, 7) is 0. The molecule has 0 bridgehead atoms. The summed E-state index contributed by atoms with van der Waals surface area (Å²) in [6, 6.07) is 8.78. The molecule has 1 aromatic carbocycles. The van der Waals surface area contributed by atoms with Gasteiger partial charge in [-0.15, -0.1) is 0 Å². The molecular formula is C16H14F2N2O2S. The van der Waals surface area contributed by atoms with Crippen LogP contribution in [0.15, 0.2) is 47.5 Å². The summed E-state index contributed by atoms with van der Waals surface area (Å²) in [4.78, 5) is 3.61. The Morgan fingerprint density at radius 2 is 1.57 bits per heavy atom. The monoisotopic (exact) mass is 336 g/mol. The third-order valence-corrected chi connectivity index (χ3v) is 4.75. The Balaban J connectivity index is 2.04. The molecule has 1 aliphatic rings. The molecule has 0 fully saturated rings. The molecule has 0 spiro atoms. The molecule has 0 saturated carbocycles. The number of hydrogen-bond acceptors (Lipinski definition) is 3. The van der Waals surface area contributed by atoms with E-state index in [0.717, 1.165) is 16.7 Å². The van der Waals surface area contributed by atoms with Crippen LogP contribution in [-0.4, -0.2) is 19.6 Å². The van der Waals surface area contributed by atoms with Gasteiger partial charge in [0.25, 0.3) is 0 Å². The summed E-state index contributed by atoms with van der Waals surface area (Å²) in [7, 11) is -3.77. The van der Waals surface area contributed by atoms with E-state index in [-0.39, 0.29) is 17.7 Å². The second-order valence-corrected chi connectivity index (χ2v) is 6.96. The fourth-order valence-electron chi connectivity index (χ4n) is 2.75. The maximum absolute atomic E-state index is 13.9. The van der Waals surface area contributed by atoms with Gasteiger partial charge >= 0.3 is 0 Å². The number of pyridine rings is 1. The maximum atomic E-state index is 13.9. The Morgan fingerprint density at radius 1 is 1.00 bits per heavy atom. The summed E-state index contributed by atoms with van der Waals surface area (Å²) in [5, 5.41) is 5.07. The minimum absolute atomic E-state index is 0.00152. The van der Waals surface area contributed by atoms with Crippen LogP contribution in [-0.2, 0) is 10.0 Å². The molecule has 3 rings (SSSR count). The molecule has 0 saturated heterocycles. The SMILES string of the molecule is NS(=O)(=O)c1ccc(C2=C(c3ccc(F)nc3)CC(F)C2)cc1. The van der Waals surface area contributed by atoms with Crippen LogP contribution in [0.3, 0.4) is 0 Å². The summed E-state index contributed by atoms with van der Waals surface area (Å²) in [5.74, 6) is -0.594. The largest absolute Gasteiger partial charge is 0.247 e. The minimum Gasteiger partial charge on any atom is -0.247 e. The van der Waals surface area contributed by atoms with Crippen LogP contribution < -0.4 is 5.14 Å². The zero-order chi connectivity index (χ0) is 16.6. The van der Waals surface area contributed by atoms with Crippen LogP contribution in [0.25, 0.3) is 11.1 Å². The average Bonchev–Trinajstić information content (AvgIpc) is 2.89. The van der Waals surface area contributed by atoms with Gasteiger partial charge < -0.3 is 0 Å². The molecule has 1 unspecified atom stereocenters. The van der Waals surface area contributed by atoms with Crippen molar-refractivity contribution >= 4 is 21.2 Å². The highest BCUT2D eigenvalue weighted by molar-refractivity contribution is 7.89. The molecule has 4 nitrogen and oxygen atoms in total. The fraction of sp³-hybridized carbons (Fsp3) is 0.188. The van der Waals surface area contributed by atoms with E-state index in [1.165, 1.54) is 24.4 Å². The third-order valence-electron chi connectivity index (χ3n) is 3.82. The summed E-state index contributed by atoms with van der Waals surface area (Å²) in [5.41, 5.74) is 2.91. The Kier molecular flexibility index (Phi) is 3.99. The second kappa shape index (κ2) is 5.82. The number of alkyl halides is 1. The highest BCUT2D eigenvalue weighted by Gasteiger charge is 2.26. The van der Waals surface area contributed by atoms with Crippen molar-refractivity contribution in [2.24, 2.45) is 5.14 Å². The van der Waals surface area contributed by atoms with Gasteiger partial charge in [-0.1, -0.05) is 12.1 Å². The first-order valence-electron chi connectivity index (χ1n) is 6.96. The first kappa shape index (κ1) is 15.8. The predicted molar refractivity (Wildman–Crippen MR) is 83.0 cm³/mol. The third kappa shape index (κ3) is 3.30. The van der Waals surface area contributed by atoms with Crippen molar-refractivity contribution < 1.29 is 17.2 Å². The Hall–Kier alpha value is -2.12. The van der Waals surface area contributed by atoms with E-state index < -0.39 is 22.1 Å². The number of sulfonamides is 1. The quantitative estimate of drug-likeness (QED) is 0.876. The van der Waals surface area contributed by atoms with Crippen molar-refractivity contribution in [2.45, 2.75) is 23.9 Å². The zero-order valence-electron chi connectivity index (χ0n) is 12.0. The van der Waals surface area contributed by atoms with Gasteiger partial charge in [0.05, 0.1) is 4.90 Å². The molecule has 1 aromatic heterocycles. The lowest BCUT2D eigenvalue weighted by atomic mass is 9.98. The Morgan fingerprint density at radius 3 is 2.09 bits per heavy atom. The first-order chi connectivity index (χ1) is 10.8. The lowest BCUT2D eigenvalue weighted by molar-refractivity contribution is 0.357. The zero-order valence-corrected chi connectivity index (χ0v) is 12.9. The number of primary sulfonamides is 1. The number of allylic oxidation sites excluding steroid dienone is 2. The topological polar surface area (TPSA) is 73.1 Å². The van der Waals surface area contributed by atoms with Gasteiger partial charge in [0, 0.05) is 19.0 Å². The van der Waals surface area contributed by atoms with Crippen LogP contribution in [0, 0.1) is 5.95 Å². The van der Waals surface area contributed by atoms with E-state index in [0.29, 0.717) is 5.56 Å². The van der Waals surface area contributed by atoms with Crippen molar-refractivity contribution in [2.75, 3.05) is 0 Å². The van der Waals surface area contributed by atoms with E-state index >= 15 is 0 Å². The second-order valence-electron chi connectivity index (χ2n) is 5.40. The predicted octanol–water partition coefficient (Wildman–Crippen LogP) is 2.91. The molecule has 0 amide bonds. The van der Waals surface area contributed by atoms with Gasteiger partial charge in [-0.05, 0) is 46.5 Å². The standard InChI is InChI=1S/C16H14F2N2O2S/c17-12-7-14(10-1-4-13(5-2-10)23(19,21)22)15(8-12)11-3-6-16(18)20-9-11/h1-6,9,12H,7-8H2,(H2,19,21,22). The molecule has 2 N–H and O–H groups in total. The molecule has 0 radical (unpaired) electrons. The maximum Gasteiger partial charge on any atom is 0.238 e. The van der Waals surface area contributed by atoms with Crippen molar-refractivity contribution in [3.05, 3.63) is 59.7 Å². The number of benzene rings is 1. The van der Waals surface area contributed by atoms with Crippen LogP contribution in [0.5, 0.6) is 0 Å². The lowest BCUT2D eigenvalue weighted by Crippen LogP contribution is -2.11. The van der Waals surface area contributed by atoms with E-state index in [2.05, 4.69) is 4.98 Å². The van der Waals surface area contributed by atoms with Gasteiger partial charge in [0.2, 0.25) is 16.0 Å². The minimum atomic E-state index is -3.77. The highest BCUT2D eigenvalue weighted by atomic mass is 32.2. The van der Waals surface area contributed by atoms with E-state index in [4.69, 9.17) is 5.14 Å². The Labute approximate surface area is 132 Å². The molecule has 2 aromatic rings. The van der Waals surface area contributed by atoms with Crippen molar-refractivity contribution in [3.8, 4) is 0 Å². The van der Waals surface area contributed by atoms with Gasteiger partial charge in [0.15, 0.2) is 0 Å². The van der Waals surface area contributed by atoms with Crippen LogP contribution in [0.1, 0.15) is 24.0 Å². The highest BCUT2D eigenvalue weighted by Crippen LogP contribution is 2.41. The lowest BCUT2D eigenvalue weighted by Gasteiger charge is -2.08. The molecule has 1 atom stereocenters. The van der Waals surface area contributed by atoms with E-state index in [9.17, 15) is 17.2 Å². The average molecular weight is 336 g/mol. The molecule has 1 aliphatic carbocycles. The molecular weight excluding hydrogens is 322 g/mol. The molecule has 23 heavy (non-hydrogen) atoms. The van der Waals surface area contributed by atoms with Gasteiger partial charge in [-0.3, -0.25) is 0 Å². The number of rotatable bonds is 3. The number of nitrogens with two attached hydrogens (primary N) is 1. The van der Waals surface area contributed by atoms with Crippen molar-refractivity contribution in [1.82, 2.24) is 4.98 Å². The van der Waals surface area contributed by atoms with Crippen LogP contribution >= 0.6 is 0 Å². The number of nitrogens with zero attached hydrogens (tertiary/aromatic N) is 1. The number of hydrogen-bond donors (Lipinski definition) is 1. The van der Waals surface area contributed by atoms with Crippen molar-refractivity contribution in [3.63, 3.8) is 0 Å². The number of aromatic nitrogens is 1. The smallest absolute Gasteiger partial charge is 0.238 e. The number of halogens is 2. The summed E-state index contributed by atoms with van der Waals surface area (Å²) in [6.07, 6.45) is 0.797. The van der Waals surface area contributed by atoms with E-state index in [1.54, 1.807) is 18.2 Å². The van der Waals surface area contributed by atoms with Gasteiger partial charge in [-0.25, -0.2) is 22.9 Å². The normalized spacial score (nSPS) is 18.5. The first-order valence-corrected chi connectivity index (χ1v) is 8.50. The van der Waals surface area contributed by atoms with Gasteiger partial charge in [-0.2, -0.15) is 4.39 Å².